The Labute approximate surface area is 106 Å². The maximum Gasteiger partial charge on any atom is 0.238 e. The normalized spacial score (nSPS) is 10.1. The third-order valence-corrected chi connectivity index (χ3v) is 2.26. The monoisotopic (exact) mass is 245 g/mol. The minimum atomic E-state index is 0.371. The van der Waals surface area contributed by atoms with Crippen LogP contribution in [0.5, 0.6) is 17.4 Å². The Hall–Kier alpha value is -2.14. The van der Waals surface area contributed by atoms with Crippen molar-refractivity contribution >= 4 is 0 Å². The molecule has 5 heteroatoms. The zero-order valence-electron chi connectivity index (χ0n) is 10.2. The lowest BCUT2D eigenvalue weighted by molar-refractivity contribution is 0.339. The van der Waals surface area contributed by atoms with Gasteiger partial charge in [-0.05, 0) is 37.3 Å². The second kappa shape index (κ2) is 5.97. The Kier molecular flexibility index (Phi) is 4.09. The summed E-state index contributed by atoms with van der Waals surface area (Å²) in [5, 5.41) is 7.84. The predicted molar refractivity (Wildman–Crippen MR) is 67.6 cm³/mol. The van der Waals surface area contributed by atoms with E-state index in [1.165, 1.54) is 0 Å². The first-order valence-electron chi connectivity index (χ1n) is 5.75. The molecule has 0 spiro atoms. The van der Waals surface area contributed by atoms with Gasteiger partial charge in [-0.1, -0.05) is 0 Å². The van der Waals surface area contributed by atoms with E-state index in [0.29, 0.717) is 24.8 Å². The first kappa shape index (κ1) is 12.3. The highest BCUT2D eigenvalue weighted by molar-refractivity contribution is 5.33. The van der Waals surface area contributed by atoms with Crippen LogP contribution in [0.4, 0.5) is 0 Å². The van der Waals surface area contributed by atoms with Crippen LogP contribution in [0.2, 0.25) is 0 Å². The molecule has 1 heterocycles. The van der Waals surface area contributed by atoms with Crippen LogP contribution in [-0.4, -0.2) is 16.8 Å². The van der Waals surface area contributed by atoms with Crippen LogP contribution < -0.4 is 15.2 Å². The number of ether oxygens (including phenoxy) is 2. The van der Waals surface area contributed by atoms with Gasteiger partial charge in [-0.15, -0.1) is 5.10 Å². The van der Waals surface area contributed by atoms with Crippen molar-refractivity contribution < 1.29 is 9.47 Å². The van der Waals surface area contributed by atoms with E-state index in [9.17, 15) is 0 Å². The molecule has 2 aromatic rings. The molecule has 1 aromatic carbocycles. The number of rotatable bonds is 5. The average Bonchev–Trinajstić information content (AvgIpc) is 2.42. The molecule has 0 aliphatic rings. The van der Waals surface area contributed by atoms with Gasteiger partial charge in [0.15, 0.2) is 0 Å². The molecule has 0 amide bonds. The van der Waals surface area contributed by atoms with E-state index in [1.807, 2.05) is 31.2 Å². The Morgan fingerprint density at radius 1 is 1.00 bits per heavy atom. The maximum absolute atomic E-state index is 5.54. The topological polar surface area (TPSA) is 70.3 Å². The van der Waals surface area contributed by atoms with Crippen molar-refractivity contribution in [2.45, 2.75) is 13.5 Å². The fourth-order valence-electron chi connectivity index (χ4n) is 1.40. The van der Waals surface area contributed by atoms with Crippen LogP contribution in [0.3, 0.4) is 0 Å². The fraction of sp³-hybridized carbons (Fsp3) is 0.231. The van der Waals surface area contributed by atoms with E-state index in [1.54, 1.807) is 12.1 Å². The minimum absolute atomic E-state index is 0.371. The summed E-state index contributed by atoms with van der Waals surface area (Å²) in [6.45, 7) is 2.96. The van der Waals surface area contributed by atoms with E-state index in [-0.39, 0.29) is 0 Å². The molecule has 0 saturated heterocycles. The van der Waals surface area contributed by atoms with Gasteiger partial charge in [0, 0.05) is 12.6 Å². The third-order valence-electron chi connectivity index (χ3n) is 2.26. The second-order valence-electron chi connectivity index (χ2n) is 3.57. The third kappa shape index (κ3) is 3.18. The number of hydrogen-bond donors (Lipinski definition) is 1. The summed E-state index contributed by atoms with van der Waals surface area (Å²) in [6, 6.07) is 10.9. The molecule has 0 saturated carbocycles. The largest absolute Gasteiger partial charge is 0.494 e. The van der Waals surface area contributed by atoms with Crippen molar-refractivity contribution in [3.63, 3.8) is 0 Å². The predicted octanol–water partition coefficient (Wildman–Crippen LogP) is 2.13. The summed E-state index contributed by atoms with van der Waals surface area (Å²) in [7, 11) is 0. The smallest absolute Gasteiger partial charge is 0.238 e. The molecule has 2 rings (SSSR count). The highest BCUT2D eigenvalue weighted by atomic mass is 16.5. The van der Waals surface area contributed by atoms with Crippen molar-refractivity contribution in [3.05, 3.63) is 42.1 Å². The van der Waals surface area contributed by atoms with E-state index in [4.69, 9.17) is 15.2 Å². The lowest BCUT2D eigenvalue weighted by Crippen LogP contribution is -2.01. The molecule has 0 radical (unpaired) electrons. The van der Waals surface area contributed by atoms with Gasteiger partial charge >= 0.3 is 0 Å². The van der Waals surface area contributed by atoms with Crippen LogP contribution in [0.15, 0.2) is 36.4 Å². The number of hydrogen-bond acceptors (Lipinski definition) is 5. The Morgan fingerprint density at radius 3 is 2.28 bits per heavy atom. The highest BCUT2D eigenvalue weighted by Crippen LogP contribution is 2.21. The number of benzene rings is 1. The lowest BCUT2D eigenvalue weighted by atomic mass is 10.3. The van der Waals surface area contributed by atoms with E-state index < -0.39 is 0 Å². The summed E-state index contributed by atoms with van der Waals surface area (Å²) < 4.78 is 10.9. The molecule has 0 fully saturated rings. The molecule has 18 heavy (non-hydrogen) atoms. The number of nitrogens with zero attached hydrogens (tertiary/aromatic N) is 2. The lowest BCUT2D eigenvalue weighted by Gasteiger charge is -2.06. The van der Waals surface area contributed by atoms with Gasteiger partial charge in [-0.2, -0.15) is 5.10 Å². The quantitative estimate of drug-likeness (QED) is 0.873. The average molecular weight is 245 g/mol. The standard InChI is InChI=1S/C13H15N3O2/c1-2-17-11-4-6-12(7-5-11)18-13-8-3-10(9-14)15-16-13/h3-8H,2,9,14H2,1H3. The van der Waals surface area contributed by atoms with Crippen LogP contribution in [0.1, 0.15) is 12.6 Å². The van der Waals surface area contributed by atoms with Gasteiger partial charge in [-0.25, -0.2) is 0 Å². The summed E-state index contributed by atoms with van der Waals surface area (Å²) in [5.74, 6) is 1.94. The zero-order valence-corrected chi connectivity index (χ0v) is 10.2. The van der Waals surface area contributed by atoms with Gasteiger partial charge in [0.05, 0.1) is 12.3 Å². The fourth-order valence-corrected chi connectivity index (χ4v) is 1.40. The molecule has 0 unspecified atom stereocenters. The summed E-state index contributed by atoms with van der Waals surface area (Å²) in [5.41, 5.74) is 6.17. The SMILES string of the molecule is CCOc1ccc(Oc2ccc(CN)nn2)cc1. The Bertz CT molecular complexity index is 483. The molecule has 0 atom stereocenters. The molecule has 0 aliphatic carbocycles. The van der Waals surface area contributed by atoms with Crippen LogP contribution in [0.25, 0.3) is 0 Å². The van der Waals surface area contributed by atoms with Gasteiger partial charge in [0.2, 0.25) is 5.88 Å². The van der Waals surface area contributed by atoms with Crippen LogP contribution in [-0.2, 0) is 6.54 Å². The van der Waals surface area contributed by atoms with Crippen molar-refractivity contribution in [3.8, 4) is 17.4 Å². The molecule has 1 aromatic heterocycles. The van der Waals surface area contributed by atoms with Gasteiger partial charge in [0.25, 0.3) is 0 Å². The first-order valence-corrected chi connectivity index (χ1v) is 5.75. The Balaban J connectivity index is 2.03. The molecular weight excluding hydrogens is 230 g/mol. The van der Waals surface area contributed by atoms with Crippen LogP contribution >= 0.6 is 0 Å². The van der Waals surface area contributed by atoms with Crippen molar-refractivity contribution in [2.24, 2.45) is 5.73 Å². The van der Waals surface area contributed by atoms with Crippen LogP contribution in [0, 0.1) is 0 Å². The molecule has 5 nitrogen and oxygen atoms in total. The molecular formula is C13H15N3O2. The van der Waals surface area contributed by atoms with Gasteiger partial charge in [0.1, 0.15) is 11.5 Å². The van der Waals surface area contributed by atoms with Gasteiger partial charge < -0.3 is 15.2 Å². The molecule has 0 aliphatic heterocycles. The number of aromatic nitrogens is 2. The summed E-state index contributed by atoms with van der Waals surface area (Å²) >= 11 is 0. The Morgan fingerprint density at radius 2 is 1.72 bits per heavy atom. The van der Waals surface area contributed by atoms with E-state index in [2.05, 4.69) is 10.2 Å². The van der Waals surface area contributed by atoms with Crippen molar-refractivity contribution in [1.29, 1.82) is 0 Å². The maximum atomic E-state index is 5.54. The zero-order chi connectivity index (χ0) is 12.8. The summed E-state index contributed by atoms with van der Waals surface area (Å²) in [6.07, 6.45) is 0. The minimum Gasteiger partial charge on any atom is -0.494 e. The van der Waals surface area contributed by atoms with E-state index in [0.717, 1.165) is 11.4 Å². The number of nitrogens with two attached hydrogens (primary N) is 1. The molecule has 0 bridgehead atoms. The van der Waals surface area contributed by atoms with Crippen molar-refractivity contribution in [2.75, 3.05) is 6.61 Å². The van der Waals surface area contributed by atoms with E-state index >= 15 is 0 Å². The molecule has 94 valence electrons. The summed E-state index contributed by atoms with van der Waals surface area (Å²) in [4.78, 5) is 0. The molecule has 2 N–H and O–H groups in total. The highest BCUT2D eigenvalue weighted by Gasteiger charge is 2.00. The van der Waals surface area contributed by atoms with Crippen molar-refractivity contribution in [1.82, 2.24) is 10.2 Å². The van der Waals surface area contributed by atoms with Gasteiger partial charge in [-0.3, -0.25) is 0 Å². The first-order chi connectivity index (χ1) is 8.81. The second-order valence-corrected chi connectivity index (χ2v) is 3.57.